The third-order valence-corrected chi connectivity index (χ3v) is 2.32. The molecule has 0 saturated heterocycles. The number of halogens is 2. The quantitative estimate of drug-likeness (QED) is 0.870. The molecule has 1 unspecified atom stereocenters. The lowest BCUT2D eigenvalue weighted by Gasteiger charge is -2.17. The molecule has 0 aliphatic heterocycles. The van der Waals surface area contributed by atoms with E-state index in [1.54, 1.807) is 0 Å². The average molecular weight is 260 g/mol. The molecule has 6 heteroatoms. The van der Waals surface area contributed by atoms with Crippen LogP contribution in [0.25, 0.3) is 0 Å². The van der Waals surface area contributed by atoms with E-state index >= 15 is 0 Å². The number of carboxylic acids is 1. The van der Waals surface area contributed by atoms with E-state index in [1.165, 1.54) is 19.1 Å². The first-order valence-electron chi connectivity index (χ1n) is 4.84. The molecule has 1 aromatic carbocycles. The highest BCUT2D eigenvalue weighted by Gasteiger charge is 2.20. The van der Waals surface area contributed by atoms with Gasteiger partial charge in [0.15, 0.2) is 0 Å². The topological polar surface area (TPSA) is 66.4 Å². The Hall–Kier alpha value is -1.62. The van der Waals surface area contributed by atoms with Crippen LogP contribution < -0.4 is 5.32 Å². The summed E-state index contributed by atoms with van der Waals surface area (Å²) in [6.45, 7) is 1.23. The van der Waals surface area contributed by atoms with Crippen molar-refractivity contribution in [1.82, 2.24) is 5.32 Å². The molecule has 0 saturated carbocycles. The van der Waals surface area contributed by atoms with Gasteiger partial charge < -0.3 is 10.4 Å². The molecular weight excluding hydrogens is 249 g/mol. The molecule has 0 radical (unpaired) electrons. The van der Waals surface area contributed by atoms with Crippen molar-refractivity contribution in [2.24, 2.45) is 0 Å². The molecule has 92 valence electrons. The summed E-state index contributed by atoms with van der Waals surface area (Å²) in [7, 11) is 0. The Morgan fingerprint density at radius 2 is 2.18 bits per heavy atom. The van der Waals surface area contributed by atoms with Crippen molar-refractivity contribution in [3.63, 3.8) is 0 Å². The molecule has 1 amide bonds. The van der Waals surface area contributed by atoms with Crippen molar-refractivity contribution in [3.05, 3.63) is 34.6 Å². The Kier molecular flexibility index (Phi) is 4.45. The van der Waals surface area contributed by atoms with E-state index in [2.05, 4.69) is 5.32 Å². The second-order valence-electron chi connectivity index (χ2n) is 3.52. The van der Waals surface area contributed by atoms with Gasteiger partial charge in [-0.1, -0.05) is 11.6 Å². The first-order valence-corrected chi connectivity index (χ1v) is 5.21. The van der Waals surface area contributed by atoms with E-state index in [0.29, 0.717) is 0 Å². The van der Waals surface area contributed by atoms with E-state index in [0.717, 1.165) is 6.07 Å². The molecular formula is C11H11ClFNO3. The first-order chi connectivity index (χ1) is 7.90. The van der Waals surface area contributed by atoms with Crippen molar-refractivity contribution in [3.8, 4) is 0 Å². The second-order valence-corrected chi connectivity index (χ2v) is 3.95. The largest absolute Gasteiger partial charge is 0.481 e. The zero-order chi connectivity index (χ0) is 13.0. The van der Waals surface area contributed by atoms with Gasteiger partial charge in [0.2, 0.25) is 5.91 Å². The molecule has 4 nitrogen and oxygen atoms in total. The third kappa shape index (κ3) is 4.03. The lowest BCUT2D eigenvalue weighted by molar-refractivity contribution is -0.137. The number of hydrogen-bond donors (Lipinski definition) is 2. The van der Waals surface area contributed by atoms with Crippen LogP contribution >= 0.6 is 11.6 Å². The van der Waals surface area contributed by atoms with Gasteiger partial charge in [-0.05, 0) is 18.2 Å². The van der Waals surface area contributed by atoms with Crippen LogP contribution in [-0.4, -0.2) is 17.0 Å². The number of hydrogen-bond acceptors (Lipinski definition) is 2. The maximum absolute atomic E-state index is 13.5. The van der Waals surface area contributed by atoms with Crippen molar-refractivity contribution in [1.29, 1.82) is 0 Å². The summed E-state index contributed by atoms with van der Waals surface area (Å²) >= 11 is 5.71. The third-order valence-electron chi connectivity index (χ3n) is 2.09. The molecule has 0 aromatic heterocycles. The van der Waals surface area contributed by atoms with Crippen LogP contribution in [0.2, 0.25) is 5.02 Å². The smallest absolute Gasteiger partial charge is 0.305 e. The van der Waals surface area contributed by atoms with Gasteiger partial charge in [0.05, 0.1) is 12.5 Å². The Labute approximate surface area is 102 Å². The van der Waals surface area contributed by atoms with Crippen molar-refractivity contribution >= 4 is 23.5 Å². The molecule has 0 spiro atoms. The minimum atomic E-state index is -1.14. The van der Waals surface area contributed by atoms with Gasteiger partial charge in [-0.2, -0.15) is 0 Å². The summed E-state index contributed by atoms with van der Waals surface area (Å²) in [5, 5.41) is 11.4. The van der Waals surface area contributed by atoms with Gasteiger partial charge in [0.25, 0.3) is 0 Å². The van der Waals surface area contributed by atoms with Crippen LogP contribution in [0.1, 0.15) is 24.9 Å². The summed E-state index contributed by atoms with van der Waals surface area (Å²) in [5.74, 6) is -2.17. The number of aliphatic carboxylic acids is 1. The highest BCUT2D eigenvalue weighted by atomic mass is 35.5. The predicted octanol–water partition coefficient (Wildman–Crippen LogP) is 2.13. The highest BCUT2D eigenvalue weighted by Crippen LogP contribution is 2.23. The van der Waals surface area contributed by atoms with E-state index < -0.39 is 30.2 Å². The maximum Gasteiger partial charge on any atom is 0.305 e. The normalized spacial score (nSPS) is 11.9. The SMILES string of the molecule is CC(=O)NC(CC(=O)O)c1cc(Cl)ccc1F. The zero-order valence-corrected chi connectivity index (χ0v) is 9.79. The zero-order valence-electron chi connectivity index (χ0n) is 9.04. The molecule has 0 heterocycles. The summed E-state index contributed by atoms with van der Waals surface area (Å²) in [5.41, 5.74) is 0.0649. The minimum Gasteiger partial charge on any atom is -0.481 e. The lowest BCUT2D eigenvalue weighted by Crippen LogP contribution is -2.28. The van der Waals surface area contributed by atoms with Crippen molar-refractivity contribution < 1.29 is 19.1 Å². The van der Waals surface area contributed by atoms with Gasteiger partial charge in [-0.15, -0.1) is 0 Å². The molecule has 17 heavy (non-hydrogen) atoms. The molecule has 1 rings (SSSR count). The first kappa shape index (κ1) is 13.4. The van der Waals surface area contributed by atoms with E-state index in [1.807, 2.05) is 0 Å². The molecule has 1 aromatic rings. The Morgan fingerprint density at radius 1 is 1.53 bits per heavy atom. The number of benzene rings is 1. The van der Waals surface area contributed by atoms with Crippen molar-refractivity contribution in [2.75, 3.05) is 0 Å². The van der Waals surface area contributed by atoms with Gasteiger partial charge in [0, 0.05) is 17.5 Å². The fourth-order valence-corrected chi connectivity index (χ4v) is 1.62. The number of rotatable bonds is 4. The van der Waals surface area contributed by atoms with Crippen LogP contribution in [0, 0.1) is 5.82 Å². The van der Waals surface area contributed by atoms with Crippen LogP contribution in [0.5, 0.6) is 0 Å². The fourth-order valence-electron chi connectivity index (χ4n) is 1.44. The minimum absolute atomic E-state index is 0.0649. The average Bonchev–Trinajstić information content (AvgIpc) is 2.19. The predicted molar refractivity (Wildman–Crippen MR) is 60.2 cm³/mol. The summed E-state index contributed by atoms with van der Waals surface area (Å²) < 4.78 is 13.5. The second kappa shape index (κ2) is 5.63. The number of carbonyl (C=O) groups is 2. The standard InChI is InChI=1S/C11H11ClFNO3/c1-6(15)14-10(5-11(16)17)8-4-7(12)2-3-9(8)13/h2-4,10H,5H2,1H3,(H,14,15)(H,16,17). The van der Waals surface area contributed by atoms with Crippen LogP contribution in [-0.2, 0) is 9.59 Å². The number of carboxylic acid groups (broad SMARTS) is 1. The highest BCUT2D eigenvalue weighted by molar-refractivity contribution is 6.30. The van der Waals surface area contributed by atoms with Crippen LogP contribution in [0.3, 0.4) is 0 Å². The Morgan fingerprint density at radius 3 is 2.71 bits per heavy atom. The number of nitrogens with one attached hydrogen (secondary N) is 1. The molecule has 2 N–H and O–H groups in total. The summed E-state index contributed by atoms with van der Waals surface area (Å²) in [4.78, 5) is 21.6. The van der Waals surface area contributed by atoms with E-state index in [4.69, 9.17) is 16.7 Å². The van der Waals surface area contributed by atoms with Gasteiger partial charge in [-0.25, -0.2) is 4.39 Å². The molecule has 0 aliphatic rings. The Bertz CT molecular complexity index is 434. The lowest BCUT2D eigenvalue weighted by atomic mass is 10.0. The monoisotopic (exact) mass is 259 g/mol. The van der Waals surface area contributed by atoms with Gasteiger partial charge in [0.1, 0.15) is 5.82 Å². The van der Waals surface area contributed by atoms with E-state index in [9.17, 15) is 14.0 Å². The van der Waals surface area contributed by atoms with E-state index in [-0.39, 0.29) is 10.6 Å². The maximum atomic E-state index is 13.5. The molecule has 0 fully saturated rings. The molecule has 0 aliphatic carbocycles. The fraction of sp³-hybridized carbons (Fsp3) is 0.273. The van der Waals surface area contributed by atoms with Gasteiger partial charge in [-0.3, -0.25) is 9.59 Å². The van der Waals surface area contributed by atoms with Gasteiger partial charge >= 0.3 is 5.97 Å². The Balaban J connectivity index is 3.06. The number of carbonyl (C=O) groups excluding carboxylic acids is 1. The molecule has 0 bridgehead atoms. The van der Waals surface area contributed by atoms with Crippen LogP contribution in [0.15, 0.2) is 18.2 Å². The summed E-state index contributed by atoms with van der Waals surface area (Å²) in [6.07, 6.45) is -0.406. The van der Waals surface area contributed by atoms with Crippen LogP contribution in [0.4, 0.5) is 4.39 Å². The summed E-state index contributed by atoms with van der Waals surface area (Å²) in [6, 6.07) is 2.87. The van der Waals surface area contributed by atoms with Crippen molar-refractivity contribution in [2.45, 2.75) is 19.4 Å². The number of amides is 1. The molecule has 1 atom stereocenters.